The summed E-state index contributed by atoms with van der Waals surface area (Å²) in [6.07, 6.45) is 17.4. The lowest BCUT2D eigenvalue weighted by Crippen LogP contribution is -2.47. The van der Waals surface area contributed by atoms with Gasteiger partial charge in [-0.15, -0.1) is 11.3 Å². The largest absolute Gasteiger partial charge is 0.333 e. The maximum atomic E-state index is 13.9. The molecule has 3 rings (SSSR count). The third-order valence-corrected chi connectivity index (χ3v) is 9.83. The minimum atomic E-state index is -0.0868. The summed E-state index contributed by atoms with van der Waals surface area (Å²) in [6, 6.07) is 10.9. The molecule has 234 valence electrons. The molecule has 0 N–H and O–H groups in total. The van der Waals surface area contributed by atoms with Crippen LogP contribution in [0.25, 0.3) is 0 Å². The summed E-state index contributed by atoms with van der Waals surface area (Å²) < 4.78 is 0. The highest BCUT2D eigenvalue weighted by Crippen LogP contribution is 2.38. The van der Waals surface area contributed by atoms with Crippen LogP contribution in [0.4, 0.5) is 0 Å². The van der Waals surface area contributed by atoms with Crippen molar-refractivity contribution in [1.82, 2.24) is 9.80 Å². The number of rotatable bonds is 18. The van der Waals surface area contributed by atoms with Crippen LogP contribution in [-0.2, 0) is 21.4 Å². The van der Waals surface area contributed by atoms with Gasteiger partial charge in [0.25, 0.3) is 0 Å². The van der Waals surface area contributed by atoms with Gasteiger partial charge in [0, 0.05) is 24.4 Å². The Kier molecular flexibility index (Phi) is 14.6. The Morgan fingerprint density at radius 3 is 2.02 bits per heavy atom. The molecule has 2 amide bonds. The lowest BCUT2D eigenvalue weighted by molar-refractivity contribution is -0.141. The number of unbranched alkanes of at least 4 members (excludes halogenated alkanes) is 11. The second kappa shape index (κ2) is 17.9. The molecule has 1 atom stereocenters. The average Bonchev–Trinajstić information content (AvgIpc) is 3.46. The molecule has 1 aromatic heterocycles. The number of carbonyl (C=O) groups excluding carboxylic acids is 2. The monoisotopic (exact) mass is 594 g/mol. The van der Waals surface area contributed by atoms with Crippen molar-refractivity contribution in [2.24, 2.45) is 0 Å². The van der Waals surface area contributed by atoms with Gasteiger partial charge in [-0.3, -0.25) is 9.59 Å². The molecule has 1 unspecified atom stereocenters. The molecule has 2 heterocycles. The van der Waals surface area contributed by atoms with Crippen LogP contribution in [-0.4, -0.2) is 41.2 Å². The third-order valence-electron chi connectivity index (χ3n) is 8.83. The molecule has 1 aliphatic rings. The van der Waals surface area contributed by atoms with Gasteiger partial charge >= 0.3 is 0 Å². The van der Waals surface area contributed by atoms with Crippen molar-refractivity contribution in [3.8, 4) is 0 Å². The van der Waals surface area contributed by atoms with E-state index in [1.54, 1.807) is 11.3 Å². The molecule has 42 heavy (non-hydrogen) atoms. The number of benzene rings is 1. The summed E-state index contributed by atoms with van der Waals surface area (Å²) in [7, 11) is 0. The molecule has 1 aliphatic heterocycles. The van der Waals surface area contributed by atoms with Gasteiger partial charge in [-0.05, 0) is 52.8 Å². The zero-order valence-corrected chi connectivity index (χ0v) is 28.2. The van der Waals surface area contributed by atoms with Crippen molar-refractivity contribution in [2.75, 3.05) is 19.6 Å². The summed E-state index contributed by atoms with van der Waals surface area (Å²) in [4.78, 5) is 32.5. The van der Waals surface area contributed by atoms with Gasteiger partial charge in [0.1, 0.15) is 0 Å². The number of fused-ring (bicyclic) bond motifs is 1. The molecule has 2 aromatic rings. The van der Waals surface area contributed by atoms with Gasteiger partial charge in [0.2, 0.25) is 11.8 Å². The highest BCUT2D eigenvalue weighted by Gasteiger charge is 2.34. The van der Waals surface area contributed by atoms with Gasteiger partial charge in [-0.1, -0.05) is 130 Å². The Morgan fingerprint density at radius 2 is 1.43 bits per heavy atom. The first-order chi connectivity index (χ1) is 20.3. The molecule has 0 saturated carbocycles. The zero-order chi connectivity index (χ0) is 30.4. The van der Waals surface area contributed by atoms with Crippen LogP contribution in [0.5, 0.6) is 0 Å². The third kappa shape index (κ3) is 10.5. The minimum Gasteiger partial charge on any atom is -0.333 e. The summed E-state index contributed by atoms with van der Waals surface area (Å²) in [5.74, 6) is 0.215. The topological polar surface area (TPSA) is 40.6 Å². The Labute approximate surface area is 261 Å². The number of carbonyl (C=O) groups is 2. The molecule has 1 aromatic carbocycles. The first-order valence-corrected chi connectivity index (χ1v) is 17.9. The number of hydrogen-bond acceptors (Lipinski definition) is 3. The van der Waals surface area contributed by atoms with Crippen molar-refractivity contribution in [1.29, 1.82) is 0 Å². The van der Waals surface area contributed by atoms with Gasteiger partial charge in [0.15, 0.2) is 0 Å². The zero-order valence-electron chi connectivity index (χ0n) is 27.4. The van der Waals surface area contributed by atoms with Crippen molar-refractivity contribution in [2.45, 2.75) is 142 Å². The van der Waals surface area contributed by atoms with E-state index < -0.39 is 0 Å². The Bertz CT molecular complexity index is 1070. The molecular weight excluding hydrogens is 536 g/mol. The Hall–Kier alpha value is -2.14. The number of thiophene rings is 1. The lowest BCUT2D eigenvalue weighted by Gasteiger charge is -2.38. The van der Waals surface area contributed by atoms with Crippen LogP contribution in [0.1, 0.15) is 152 Å². The summed E-state index contributed by atoms with van der Waals surface area (Å²) in [5.41, 5.74) is 3.78. The maximum Gasteiger partial charge on any atom is 0.242 e. The predicted octanol–water partition coefficient (Wildman–Crippen LogP) is 9.85. The van der Waals surface area contributed by atoms with E-state index in [2.05, 4.69) is 70.3 Å². The molecular formula is C37H58N2O2S. The summed E-state index contributed by atoms with van der Waals surface area (Å²) >= 11 is 1.79. The van der Waals surface area contributed by atoms with Gasteiger partial charge < -0.3 is 9.80 Å². The molecule has 0 bridgehead atoms. The maximum absolute atomic E-state index is 13.9. The fourth-order valence-electron chi connectivity index (χ4n) is 6.10. The van der Waals surface area contributed by atoms with E-state index >= 15 is 0 Å². The molecule has 4 nitrogen and oxygen atoms in total. The molecule has 0 radical (unpaired) electrons. The van der Waals surface area contributed by atoms with Crippen LogP contribution in [0.15, 0.2) is 35.7 Å². The number of nitrogens with zero attached hydrogens (tertiary/aromatic N) is 2. The summed E-state index contributed by atoms with van der Waals surface area (Å²) in [5, 5.41) is 2.15. The molecule has 0 saturated heterocycles. The van der Waals surface area contributed by atoms with Crippen molar-refractivity contribution in [3.05, 3.63) is 57.3 Å². The Morgan fingerprint density at radius 1 is 0.833 bits per heavy atom. The summed E-state index contributed by atoms with van der Waals surface area (Å²) in [6.45, 7) is 12.7. The van der Waals surface area contributed by atoms with E-state index in [0.29, 0.717) is 19.5 Å². The van der Waals surface area contributed by atoms with E-state index in [0.717, 1.165) is 37.7 Å². The van der Waals surface area contributed by atoms with Gasteiger partial charge in [-0.25, -0.2) is 0 Å². The first-order valence-electron chi connectivity index (χ1n) is 17.0. The van der Waals surface area contributed by atoms with Crippen LogP contribution in [0.2, 0.25) is 0 Å². The Balaban J connectivity index is 1.56. The van der Waals surface area contributed by atoms with Crippen LogP contribution >= 0.6 is 11.3 Å². The lowest BCUT2D eigenvalue weighted by atomic mass is 9.85. The van der Waals surface area contributed by atoms with E-state index in [-0.39, 0.29) is 29.8 Å². The standard InChI is InChI=1S/C37H58N2O2S/c1-6-8-10-11-12-13-14-15-16-17-18-19-34(40)38(26-9-7-2)29-35(41)39-27-24-33-32(25-28-42-33)36(39)30-20-22-31(23-21-30)37(3,4)5/h20-23,25,28,36H,6-19,24,26-27,29H2,1-5H3. The molecule has 0 aliphatic carbocycles. The van der Waals surface area contributed by atoms with Crippen LogP contribution in [0, 0.1) is 0 Å². The average molecular weight is 595 g/mol. The van der Waals surface area contributed by atoms with Crippen molar-refractivity contribution < 1.29 is 9.59 Å². The minimum absolute atomic E-state index is 0.0696. The second-order valence-electron chi connectivity index (χ2n) is 13.4. The second-order valence-corrected chi connectivity index (χ2v) is 14.4. The van der Waals surface area contributed by atoms with Gasteiger partial charge in [0.05, 0.1) is 12.6 Å². The molecule has 0 fully saturated rings. The van der Waals surface area contributed by atoms with E-state index in [9.17, 15) is 9.59 Å². The smallest absolute Gasteiger partial charge is 0.242 e. The number of amides is 2. The van der Waals surface area contributed by atoms with E-state index in [4.69, 9.17) is 0 Å². The fraction of sp³-hybridized carbons (Fsp3) is 0.676. The predicted molar refractivity (Wildman–Crippen MR) is 179 cm³/mol. The normalized spacial score (nSPS) is 15.1. The van der Waals surface area contributed by atoms with E-state index in [1.807, 2.05) is 9.80 Å². The highest BCUT2D eigenvalue weighted by atomic mass is 32.1. The van der Waals surface area contributed by atoms with Crippen molar-refractivity contribution >= 4 is 23.2 Å². The quantitative estimate of drug-likeness (QED) is 0.161. The van der Waals surface area contributed by atoms with Gasteiger partial charge in [-0.2, -0.15) is 0 Å². The molecule has 5 heteroatoms. The fourth-order valence-corrected chi connectivity index (χ4v) is 7.01. The highest BCUT2D eigenvalue weighted by molar-refractivity contribution is 7.10. The van der Waals surface area contributed by atoms with E-state index in [1.165, 1.54) is 73.8 Å². The SMILES string of the molecule is CCCCCCCCCCCCCC(=O)N(CCCC)CC(=O)N1CCc2sccc2C1c1ccc(C(C)(C)C)cc1. The van der Waals surface area contributed by atoms with Crippen LogP contribution in [0.3, 0.4) is 0 Å². The first kappa shape index (κ1) is 34.4. The van der Waals surface area contributed by atoms with Crippen molar-refractivity contribution in [3.63, 3.8) is 0 Å². The number of hydrogen-bond donors (Lipinski definition) is 0. The van der Waals surface area contributed by atoms with Crippen LogP contribution < -0.4 is 0 Å². The molecule has 0 spiro atoms.